The molecule has 4 aliphatic carbocycles. The maximum absolute atomic E-state index is 11.3. The van der Waals surface area contributed by atoms with Crippen LogP contribution in [0.2, 0.25) is 0 Å². The topological polar surface area (TPSA) is 20.2 Å². The standard InChI is InChI=1S/C21H33ClO/c1-4-13-8-9-15-18-16(22)11-14-7-5-6-10-20(14,2)19(18)17(23)12-21(13,15)3/h6,10,13-19,23H,4-5,7-9,11-12H2,1-3H3/t13-,14?,15-,16?,17?,18+,19-,20-,21+/m0/s1. The summed E-state index contributed by atoms with van der Waals surface area (Å²) >= 11 is 7.02. The summed E-state index contributed by atoms with van der Waals surface area (Å²) in [5.41, 5.74) is 0.476. The molecule has 0 aromatic carbocycles. The Balaban J connectivity index is 1.75. The average Bonchev–Trinajstić information content (AvgIpc) is 2.83. The van der Waals surface area contributed by atoms with Gasteiger partial charge in [-0.1, -0.05) is 39.3 Å². The molecule has 23 heavy (non-hydrogen) atoms. The molecular formula is C21H33ClO. The third-order valence-electron chi connectivity index (χ3n) is 8.73. The number of allylic oxidation sites excluding steroid dienone is 2. The maximum Gasteiger partial charge on any atom is 0.0585 e. The molecule has 0 aromatic rings. The normalized spacial score (nSPS) is 58.4. The second kappa shape index (κ2) is 5.49. The quantitative estimate of drug-likeness (QED) is 0.501. The Hall–Kier alpha value is -0.0100. The first-order valence-electron chi connectivity index (χ1n) is 9.91. The largest absolute Gasteiger partial charge is 0.393 e. The Morgan fingerprint density at radius 1 is 1.22 bits per heavy atom. The van der Waals surface area contributed by atoms with Crippen molar-refractivity contribution in [3.8, 4) is 0 Å². The van der Waals surface area contributed by atoms with Crippen molar-refractivity contribution in [2.24, 2.45) is 40.4 Å². The highest BCUT2D eigenvalue weighted by Gasteiger charge is 2.63. The molecule has 4 aliphatic rings. The molecule has 0 spiro atoms. The van der Waals surface area contributed by atoms with Crippen LogP contribution in [-0.4, -0.2) is 16.6 Å². The molecule has 9 atom stereocenters. The lowest BCUT2D eigenvalue weighted by Gasteiger charge is -2.62. The summed E-state index contributed by atoms with van der Waals surface area (Å²) in [5, 5.41) is 11.5. The summed E-state index contributed by atoms with van der Waals surface area (Å²) < 4.78 is 0. The molecule has 1 nitrogen and oxygen atoms in total. The minimum atomic E-state index is -0.176. The van der Waals surface area contributed by atoms with Gasteiger partial charge in [-0.25, -0.2) is 0 Å². The minimum Gasteiger partial charge on any atom is -0.393 e. The highest BCUT2D eigenvalue weighted by atomic mass is 35.5. The van der Waals surface area contributed by atoms with Crippen LogP contribution in [0, 0.1) is 40.4 Å². The van der Waals surface area contributed by atoms with Gasteiger partial charge in [0.25, 0.3) is 0 Å². The van der Waals surface area contributed by atoms with Crippen molar-refractivity contribution in [1.29, 1.82) is 0 Å². The fraction of sp³-hybridized carbons (Fsp3) is 0.905. The smallest absolute Gasteiger partial charge is 0.0585 e. The number of alkyl halides is 1. The van der Waals surface area contributed by atoms with Crippen molar-refractivity contribution in [1.82, 2.24) is 0 Å². The molecule has 3 unspecified atom stereocenters. The van der Waals surface area contributed by atoms with Crippen LogP contribution in [0.1, 0.15) is 65.7 Å². The second-order valence-electron chi connectivity index (χ2n) is 9.46. The van der Waals surface area contributed by atoms with E-state index < -0.39 is 0 Å². The summed E-state index contributed by atoms with van der Waals surface area (Å²) in [4.78, 5) is 0. The summed E-state index contributed by atoms with van der Waals surface area (Å²) in [7, 11) is 0. The predicted octanol–water partition coefficient (Wildman–Crippen LogP) is 5.41. The molecule has 3 saturated carbocycles. The van der Waals surface area contributed by atoms with Gasteiger partial charge in [0.2, 0.25) is 0 Å². The van der Waals surface area contributed by atoms with E-state index in [0.717, 1.165) is 24.7 Å². The van der Waals surface area contributed by atoms with E-state index in [1.54, 1.807) is 0 Å². The van der Waals surface area contributed by atoms with Gasteiger partial charge in [-0.15, -0.1) is 11.6 Å². The van der Waals surface area contributed by atoms with Crippen molar-refractivity contribution >= 4 is 11.6 Å². The Labute approximate surface area is 146 Å². The van der Waals surface area contributed by atoms with Gasteiger partial charge >= 0.3 is 0 Å². The third-order valence-corrected chi connectivity index (χ3v) is 9.19. The Morgan fingerprint density at radius 3 is 2.74 bits per heavy atom. The van der Waals surface area contributed by atoms with Crippen LogP contribution in [0.4, 0.5) is 0 Å². The summed E-state index contributed by atoms with van der Waals surface area (Å²) in [6, 6.07) is 0. The van der Waals surface area contributed by atoms with Gasteiger partial charge in [-0.05, 0) is 78.9 Å². The molecule has 1 N–H and O–H groups in total. The van der Waals surface area contributed by atoms with Crippen molar-refractivity contribution in [3.63, 3.8) is 0 Å². The first-order valence-corrected chi connectivity index (χ1v) is 10.3. The van der Waals surface area contributed by atoms with Gasteiger partial charge in [0.1, 0.15) is 0 Å². The molecular weight excluding hydrogens is 304 g/mol. The molecule has 0 saturated heterocycles. The highest BCUT2D eigenvalue weighted by molar-refractivity contribution is 6.21. The number of halogens is 1. The van der Waals surface area contributed by atoms with Crippen LogP contribution in [0.5, 0.6) is 0 Å². The average molecular weight is 337 g/mol. The number of fused-ring (bicyclic) bond motifs is 5. The van der Waals surface area contributed by atoms with E-state index in [9.17, 15) is 5.11 Å². The molecule has 130 valence electrons. The minimum absolute atomic E-state index is 0.166. The van der Waals surface area contributed by atoms with Gasteiger partial charge < -0.3 is 5.11 Å². The van der Waals surface area contributed by atoms with Crippen LogP contribution < -0.4 is 0 Å². The Kier molecular flexibility index (Phi) is 3.93. The lowest BCUT2D eigenvalue weighted by Crippen LogP contribution is -2.60. The van der Waals surface area contributed by atoms with Crippen LogP contribution >= 0.6 is 11.6 Å². The van der Waals surface area contributed by atoms with Gasteiger partial charge in [0.15, 0.2) is 0 Å². The first kappa shape index (κ1) is 16.5. The second-order valence-corrected chi connectivity index (χ2v) is 10.0. The molecule has 3 fully saturated rings. The zero-order valence-corrected chi connectivity index (χ0v) is 15.7. The lowest BCUT2D eigenvalue weighted by atomic mass is 9.45. The van der Waals surface area contributed by atoms with Crippen LogP contribution in [0.25, 0.3) is 0 Å². The van der Waals surface area contributed by atoms with E-state index >= 15 is 0 Å². The Morgan fingerprint density at radius 2 is 2.00 bits per heavy atom. The van der Waals surface area contributed by atoms with E-state index in [-0.39, 0.29) is 16.9 Å². The third kappa shape index (κ3) is 2.15. The van der Waals surface area contributed by atoms with Crippen molar-refractivity contribution in [2.45, 2.75) is 77.2 Å². The van der Waals surface area contributed by atoms with Gasteiger partial charge in [-0.3, -0.25) is 0 Å². The SMILES string of the molecule is CC[C@H]1CC[C@H]2[C@@H]3C(Cl)CC4CCC=C[C@]4(C)[C@H]3C(O)C[C@]12C. The zero-order chi connectivity index (χ0) is 16.4. The highest BCUT2D eigenvalue weighted by Crippen LogP contribution is 2.67. The number of aliphatic hydroxyl groups excluding tert-OH is 1. The van der Waals surface area contributed by atoms with Crippen molar-refractivity contribution < 1.29 is 5.11 Å². The predicted molar refractivity (Wildman–Crippen MR) is 96.4 cm³/mol. The molecule has 4 rings (SSSR count). The van der Waals surface area contributed by atoms with Gasteiger partial charge in [-0.2, -0.15) is 0 Å². The van der Waals surface area contributed by atoms with Crippen LogP contribution in [0.15, 0.2) is 12.2 Å². The molecule has 0 aromatic heterocycles. The van der Waals surface area contributed by atoms with Crippen molar-refractivity contribution in [2.75, 3.05) is 0 Å². The number of rotatable bonds is 1. The molecule has 0 amide bonds. The van der Waals surface area contributed by atoms with Gasteiger partial charge in [0.05, 0.1) is 6.10 Å². The van der Waals surface area contributed by atoms with Crippen LogP contribution in [0.3, 0.4) is 0 Å². The van der Waals surface area contributed by atoms with E-state index in [2.05, 4.69) is 32.9 Å². The number of hydrogen-bond acceptors (Lipinski definition) is 1. The summed E-state index contributed by atoms with van der Waals surface area (Å²) in [6.07, 6.45) is 13.2. The molecule has 2 heteroatoms. The molecule has 0 radical (unpaired) electrons. The summed E-state index contributed by atoms with van der Waals surface area (Å²) in [5.74, 6) is 3.04. The number of hydrogen-bond donors (Lipinski definition) is 1. The number of aliphatic hydroxyl groups is 1. The fourth-order valence-corrected chi connectivity index (χ4v) is 8.17. The molecule has 0 bridgehead atoms. The van der Waals surface area contributed by atoms with E-state index in [1.807, 2.05) is 0 Å². The van der Waals surface area contributed by atoms with Crippen LogP contribution in [-0.2, 0) is 0 Å². The van der Waals surface area contributed by atoms with Gasteiger partial charge in [0, 0.05) is 5.38 Å². The first-order chi connectivity index (χ1) is 10.9. The Bertz CT molecular complexity index is 502. The van der Waals surface area contributed by atoms with E-state index in [0.29, 0.717) is 23.2 Å². The zero-order valence-electron chi connectivity index (χ0n) is 15.0. The molecule has 0 heterocycles. The fourth-order valence-electron chi connectivity index (χ4n) is 7.62. The van der Waals surface area contributed by atoms with E-state index in [1.165, 1.54) is 32.1 Å². The monoisotopic (exact) mass is 336 g/mol. The lowest BCUT2D eigenvalue weighted by molar-refractivity contribution is -0.144. The molecule has 0 aliphatic heterocycles. The maximum atomic E-state index is 11.3. The van der Waals surface area contributed by atoms with E-state index in [4.69, 9.17) is 11.6 Å². The summed E-state index contributed by atoms with van der Waals surface area (Å²) in [6.45, 7) is 7.22. The van der Waals surface area contributed by atoms with Crippen molar-refractivity contribution in [3.05, 3.63) is 12.2 Å².